The summed E-state index contributed by atoms with van der Waals surface area (Å²) in [6, 6.07) is 9.07. The van der Waals surface area contributed by atoms with Crippen LogP contribution in [0.4, 0.5) is 5.82 Å². The van der Waals surface area contributed by atoms with Crippen LogP contribution < -0.4 is 14.9 Å². The summed E-state index contributed by atoms with van der Waals surface area (Å²) in [4.78, 5) is 0. The van der Waals surface area contributed by atoms with E-state index in [4.69, 9.17) is 21.1 Å². The first-order valence-electron chi connectivity index (χ1n) is 6.42. The van der Waals surface area contributed by atoms with Crippen molar-refractivity contribution in [1.29, 1.82) is 0 Å². The number of hydrogen-bond acceptors (Lipinski definition) is 6. The van der Waals surface area contributed by atoms with Crippen LogP contribution in [0.3, 0.4) is 0 Å². The largest absolute Gasteiger partial charge is 0.486 e. The van der Waals surface area contributed by atoms with Gasteiger partial charge in [0.15, 0.2) is 22.5 Å². The van der Waals surface area contributed by atoms with Crippen molar-refractivity contribution >= 4 is 23.1 Å². The number of ether oxygens (including phenoxy) is 2. The van der Waals surface area contributed by atoms with Gasteiger partial charge in [0, 0.05) is 5.56 Å². The molecule has 1 aromatic carbocycles. The molecule has 0 saturated heterocycles. The first kappa shape index (κ1) is 13.6. The van der Waals surface area contributed by atoms with E-state index in [1.807, 2.05) is 25.1 Å². The van der Waals surface area contributed by atoms with E-state index in [0.717, 1.165) is 22.8 Å². The van der Waals surface area contributed by atoms with Gasteiger partial charge in [-0.2, -0.15) is 5.10 Å². The quantitative estimate of drug-likeness (QED) is 0.697. The molecule has 0 unspecified atom stereocenters. The van der Waals surface area contributed by atoms with E-state index in [0.29, 0.717) is 24.2 Å². The average molecular weight is 305 g/mol. The van der Waals surface area contributed by atoms with Crippen LogP contribution in [0.25, 0.3) is 0 Å². The number of nitrogens with one attached hydrogen (secondary N) is 1. The molecule has 0 aliphatic carbocycles. The molecule has 0 spiro atoms. The molecular formula is C14H13ClN4O2. The van der Waals surface area contributed by atoms with E-state index in [1.165, 1.54) is 0 Å². The SMILES string of the molecule is C/C(=N\Nc1ccc(Cl)nn1)c1ccc2c(c1)OCCO2. The molecule has 2 aromatic rings. The molecule has 108 valence electrons. The highest BCUT2D eigenvalue weighted by Crippen LogP contribution is 2.30. The lowest BCUT2D eigenvalue weighted by Gasteiger charge is -2.18. The van der Waals surface area contributed by atoms with Crippen molar-refractivity contribution in [2.45, 2.75) is 6.92 Å². The zero-order valence-corrected chi connectivity index (χ0v) is 12.1. The summed E-state index contributed by atoms with van der Waals surface area (Å²) in [6.45, 7) is 3.03. The second kappa shape index (κ2) is 5.97. The fourth-order valence-electron chi connectivity index (χ4n) is 1.85. The van der Waals surface area contributed by atoms with Crippen LogP contribution in [-0.2, 0) is 0 Å². The lowest BCUT2D eigenvalue weighted by molar-refractivity contribution is 0.171. The van der Waals surface area contributed by atoms with Crippen molar-refractivity contribution in [2.75, 3.05) is 18.6 Å². The van der Waals surface area contributed by atoms with Crippen LogP contribution in [-0.4, -0.2) is 29.1 Å². The van der Waals surface area contributed by atoms with Crippen molar-refractivity contribution < 1.29 is 9.47 Å². The van der Waals surface area contributed by atoms with E-state index < -0.39 is 0 Å². The molecule has 0 atom stereocenters. The molecule has 1 aliphatic rings. The number of fused-ring (bicyclic) bond motifs is 1. The fourth-order valence-corrected chi connectivity index (χ4v) is 1.95. The lowest BCUT2D eigenvalue weighted by Crippen LogP contribution is -2.15. The predicted octanol–water partition coefficient (Wildman–Crippen LogP) is 2.74. The van der Waals surface area contributed by atoms with E-state index in [2.05, 4.69) is 20.7 Å². The summed E-state index contributed by atoms with van der Waals surface area (Å²) in [7, 11) is 0. The molecule has 1 aliphatic heterocycles. The number of halogens is 1. The van der Waals surface area contributed by atoms with Gasteiger partial charge in [0.25, 0.3) is 0 Å². The molecule has 21 heavy (non-hydrogen) atoms. The van der Waals surface area contributed by atoms with Crippen LogP contribution in [0.5, 0.6) is 11.5 Å². The Morgan fingerprint density at radius 3 is 2.71 bits per heavy atom. The minimum Gasteiger partial charge on any atom is -0.486 e. The van der Waals surface area contributed by atoms with Crippen molar-refractivity contribution in [3.8, 4) is 11.5 Å². The standard InChI is InChI=1S/C14H13ClN4O2/c1-9(16-18-14-5-4-13(15)17-19-14)10-2-3-11-12(8-10)21-7-6-20-11/h2-5,8H,6-7H2,1H3,(H,18,19)/b16-9+. The van der Waals surface area contributed by atoms with E-state index >= 15 is 0 Å². The Morgan fingerprint density at radius 2 is 1.95 bits per heavy atom. The minimum absolute atomic E-state index is 0.341. The second-order valence-corrected chi connectivity index (χ2v) is 4.80. The summed E-state index contributed by atoms with van der Waals surface area (Å²) in [5.74, 6) is 2.02. The van der Waals surface area contributed by atoms with Gasteiger partial charge >= 0.3 is 0 Å². The molecule has 3 rings (SSSR count). The number of hydrogen-bond donors (Lipinski definition) is 1. The summed E-state index contributed by atoms with van der Waals surface area (Å²) in [6.07, 6.45) is 0. The zero-order chi connectivity index (χ0) is 14.7. The molecule has 7 heteroatoms. The summed E-state index contributed by atoms with van der Waals surface area (Å²) < 4.78 is 11.0. The van der Waals surface area contributed by atoms with Gasteiger partial charge in [-0.1, -0.05) is 11.6 Å². The minimum atomic E-state index is 0.341. The number of anilines is 1. The van der Waals surface area contributed by atoms with Gasteiger partial charge in [0.2, 0.25) is 0 Å². The van der Waals surface area contributed by atoms with Crippen LogP contribution in [0, 0.1) is 0 Å². The Bertz CT molecular complexity index is 673. The predicted molar refractivity (Wildman–Crippen MR) is 80.3 cm³/mol. The molecule has 0 radical (unpaired) electrons. The first-order valence-corrected chi connectivity index (χ1v) is 6.80. The highest BCUT2D eigenvalue weighted by molar-refractivity contribution is 6.29. The molecular weight excluding hydrogens is 292 g/mol. The summed E-state index contributed by atoms with van der Waals surface area (Å²) >= 11 is 5.67. The van der Waals surface area contributed by atoms with Crippen molar-refractivity contribution in [2.24, 2.45) is 5.10 Å². The maximum atomic E-state index is 5.67. The van der Waals surface area contributed by atoms with Crippen LogP contribution in [0.1, 0.15) is 12.5 Å². The maximum Gasteiger partial charge on any atom is 0.168 e. The lowest BCUT2D eigenvalue weighted by atomic mass is 10.1. The summed E-state index contributed by atoms with van der Waals surface area (Å²) in [5, 5.41) is 12.2. The third kappa shape index (κ3) is 3.22. The normalized spacial score (nSPS) is 13.9. The molecule has 0 saturated carbocycles. The summed E-state index contributed by atoms with van der Waals surface area (Å²) in [5.41, 5.74) is 4.57. The Kier molecular flexibility index (Phi) is 3.87. The van der Waals surface area contributed by atoms with Crippen molar-refractivity contribution in [3.05, 3.63) is 41.0 Å². The average Bonchev–Trinajstić information content (AvgIpc) is 2.53. The topological polar surface area (TPSA) is 68.6 Å². The van der Waals surface area contributed by atoms with Crippen molar-refractivity contribution in [1.82, 2.24) is 10.2 Å². The monoisotopic (exact) mass is 304 g/mol. The van der Waals surface area contributed by atoms with Gasteiger partial charge in [-0.25, -0.2) is 0 Å². The molecule has 6 nitrogen and oxygen atoms in total. The number of rotatable bonds is 3. The Labute approximate surface area is 126 Å². The highest BCUT2D eigenvalue weighted by Gasteiger charge is 2.12. The second-order valence-electron chi connectivity index (χ2n) is 4.41. The maximum absolute atomic E-state index is 5.67. The van der Waals surface area contributed by atoms with Gasteiger partial charge in [0.1, 0.15) is 13.2 Å². The molecule has 1 aromatic heterocycles. The van der Waals surface area contributed by atoms with Gasteiger partial charge in [0.05, 0.1) is 5.71 Å². The molecule has 0 fully saturated rings. The van der Waals surface area contributed by atoms with Gasteiger partial charge in [-0.3, -0.25) is 5.43 Å². The number of nitrogens with zero attached hydrogens (tertiary/aromatic N) is 3. The Balaban J connectivity index is 1.76. The zero-order valence-electron chi connectivity index (χ0n) is 11.3. The Morgan fingerprint density at radius 1 is 1.14 bits per heavy atom. The number of benzene rings is 1. The van der Waals surface area contributed by atoms with Gasteiger partial charge in [-0.15, -0.1) is 10.2 Å². The van der Waals surface area contributed by atoms with E-state index in [-0.39, 0.29) is 0 Å². The molecule has 0 amide bonds. The first-order chi connectivity index (χ1) is 10.2. The Hall–Kier alpha value is -2.34. The third-order valence-corrected chi connectivity index (χ3v) is 3.13. The van der Waals surface area contributed by atoms with E-state index in [1.54, 1.807) is 12.1 Å². The smallest absolute Gasteiger partial charge is 0.168 e. The van der Waals surface area contributed by atoms with Crippen molar-refractivity contribution in [3.63, 3.8) is 0 Å². The number of hydrazone groups is 1. The van der Waals surface area contributed by atoms with Crippen LogP contribution in [0.15, 0.2) is 35.4 Å². The van der Waals surface area contributed by atoms with Gasteiger partial charge < -0.3 is 9.47 Å². The molecule has 1 N–H and O–H groups in total. The van der Waals surface area contributed by atoms with Crippen LogP contribution >= 0.6 is 11.6 Å². The van der Waals surface area contributed by atoms with Crippen LogP contribution in [0.2, 0.25) is 5.15 Å². The van der Waals surface area contributed by atoms with Gasteiger partial charge in [-0.05, 0) is 37.3 Å². The highest BCUT2D eigenvalue weighted by atomic mass is 35.5. The number of aromatic nitrogens is 2. The third-order valence-electron chi connectivity index (χ3n) is 2.93. The molecule has 0 bridgehead atoms. The fraction of sp³-hybridized carbons (Fsp3) is 0.214. The molecule has 2 heterocycles. The van der Waals surface area contributed by atoms with E-state index in [9.17, 15) is 0 Å².